The summed E-state index contributed by atoms with van der Waals surface area (Å²) in [6.07, 6.45) is -0.553. The molecule has 3 unspecified atom stereocenters. The number of halogens is 6. The van der Waals surface area contributed by atoms with Crippen molar-refractivity contribution in [3.05, 3.63) is 22.8 Å². The van der Waals surface area contributed by atoms with Crippen molar-refractivity contribution in [2.24, 2.45) is 0 Å². The van der Waals surface area contributed by atoms with Gasteiger partial charge < -0.3 is 0 Å². The van der Waals surface area contributed by atoms with Crippen molar-refractivity contribution in [2.45, 2.75) is 43.2 Å². The van der Waals surface area contributed by atoms with Gasteiger partial charge in [0.1, 0.15) is 0 Å². The van der Waals surface area contributed by atoms with E-state index in [9.17, 15) is 26.7 Å². The molecular weight excluding hydrogens is 291 g/mol. The van der Waals surface area contributed by atoms with Gasteiger partial charge >= 0.3 is 0 Å². The van der Waals surface area contributed by atoms with Crippen LogP contribution in [-0.4, -0.2) is 22.2 Å². The lowest BCUT2D eigenvalue weighted by atomic mass is 9.63. The molecule has 0 saturated carbocycles. The van der Waals surface area contributed by atoms with Crippen LogP contribution in [0.15, 0.2) is 22.8 Å². The molecule has 19 heavy (non-hydrogen) atoms. The number of fused-ring (bicyclic) bond motifs is 1. The third kappa shape index (κ3) is 1.24. The molecule has 0 aromatic heterocycles. The fourth-order valence-corrected chi connectivity index (χ4v) is 3.16. The monoisotopic (exact) mass is 300 g/mol. The van der Waals surface area contributed by atoms with Gasteiger partial charge in [-0.3, -0.25) is 4.79 Å². The molecule has 1 nitrogen and oxygen atoms in total. The van der Waals surface area contributed by atoms with Gasteiger partial charge in [0.15, 0.2) is 11.7 Å². The van der Waals surface area contributed by atoms with Gasteiger partial charge in [0.05, 0.1) is 0 Å². The van der Waals surface area contributed by atoms with E-state index in [1.165, 1.54) is 13.8 Å². The molecule has 106 valence electrons. The molecule has 2 bridgehead atoms. The highest BCUT2D eigenvalue weighted by molar-refractivity contribution is 6.38. The zero-order chi connectivity index (χ0) is 14.8. The minimum absolute atomic E-state index is 0.259. The summed E-state index contributed by atoms with van der Waals surface area (Å²) in [5.74, 6) is -6.67. The molecule has 0 heterocycles. The van der Waals surface area contributed by atoms with E-state index in [4.69, 9.17) is 11.6 Å². The van der Waals surface area contributed by atoms with Gasteiger partial charge in [0.25, 0.3) is 5.13 Å². The van der Waals surface area contributed by atoms with Gasteiger partial charge in [-0.05, 0) is 24.0 Å². The molecule has 7 heteroatoms. The Labute approximate surface area is 111 Å². The Hall–Kier alpha value is -0.910. The van der Waals surface area contributed by atoms with Crippen molar-refractivity contribution in [2.75, 3.05) is 0 Å². The lowest BCUT2D eigenvalue weighted by molar-refractivity contribution is -0.146. The van der Waals surface area contributed by atoms with E-state index in [0.717, 1.165) is 0 Å². The summed E-state index contributed by atoms with van der Waals surface area (Å²) < 4.78 is 70.7. The maximum Gasteiger partial charge on any atom is 0.289 e. The fraction of sp³-hybridized carbons (Fsp3) is 0.583. The standard InChI is InChI=1S/C12H10ClF5O/c1-3-5-6(4-2)11(17)8(15)7(14)10(5,16)9(19)12(11,13)18/h3-4H2,1-2H3. The van der Waals surface area contributed by atoms with E-state index in [-0.39, 0.29) is 12.8 Å². The van der Waals surface area contributed by atoms with Crippen LogP contribution in [0.1, 0.15) is 26.7 Å². The lowest BCUT2D eigenvalue weighted by Crippen LogP contribution is -2.67. The Morgan fingerprint density at radius 3 is 1.89 bits per heavy atom. The van der Waals surface area contributed by atoms with Gasteiger partial charge in [-0.15, -0.1) is 0 Å². The van der Waals surface area contributed by atoms with Gasteiger partial charge in [0.2, 0.25) is 17.1 Å². The number of hydrogen-bond acceptors (Lipinski definition) is 1. The molecule has 0 N–H and O–H groups in total. The Morgan fingerprint density at radius 2 is 1.47 bits per heavy atom. The molecule has 3 rings (SSSR count). The highest BCUT2D eigenvalue weighted by atomic mass is 35.5. The summed E-state index contributed by atoms with van der Waals surface area (Å²) in [5, 5.41) is -3.98. The summed E-state index contributed by atoms with van der Waals surface area (Å²) in [4.78, 5) is 11.6. The van der Waals surface area contributed by atoms with Crippen LogP contribution in [-0.2, 0) is 4.79 Å². The van der Waals surface area contributed by atoms with Crippen molar-refractivity contribution in [3.63, 3.8) is 0 Å². The molecule has 0 aliphatic heterocycles. The Morgan fingerprint density at radius 1 is 1.00 bits per heavy atom. The van der Waals surface area contributed by atoms with Crippen LogP contribution in [0.2, 0.25) is 0 Å². The molecule has 3 aliphatic carbocycles. The van der Waals surface area contributed by atoms with Gasteiger partial charge in [-0.2, -0.15) is 0 Å². The van der Waals surface area contributed by atoms with Gasteiger partial charge in [-0.25, -0.2) is 22.0 Å². The predicted molar refractivity (Wildman–Crippen MR) is 59.2 cm³/mol. The molecule has 0 aromatic rings. The summed E-state index contributed by atoms with van der Waals surface area (Å²) in [5.41, 5.74) is -8.65. The van der Waals surface area contributed by atoms with Crippen LogP contribution in [0, 0.1) is 0 Å². The van der Waals surface area contributed by atoms with Crippen LogP contribution in [0.3, 0.4) is 0 Å². The minimum atomic E-state index is -3.98. The highest BCUT2D eigenvalue weighted by Crippen LogP contribution is 2.63. The quantitative estimate of drug-likeness (QED) is 0.425. The third-order valence-corrected chi connectivity index (χ3v) is 4.16. The van der Waals surface area contributed by atoms with Crippen molar-refractivity contribution >= 4 is 17.4 Å². The molecular formula is C12H10ClF5O. The second-order valence-corrected chi connectivity index (χ2v) is 5.03. The third-order valence-electron chi connectivity index (χ3n) is 3.73. The number of carbonyl (C=O) groups excluding carboxylic acids is 1. The van der Waals surface area contributed by atoms with E-state index < -0.39 is 45.0 Å². The number of allylic oxidation sites excluding steroid dienone is 4. The summed E-state index contributed by atoms with van der Waals surface area (Å²) in [6, 6.07) is 0. The predicted octanol–water partition coefficient (Wildman–Crippen LogP) is 4.17. The maximum atomic E-state index is 14.7. The smallest absolute Gasteiger partial charge is 0.289 e. The molecule has 0 saturated heterocycles. The van der Waals surface area contributed by atoms with Crippen LogP contribution < -0.4 is 0 Å². The molecule has 0 spiro atoms. The molecule has 0 amide bonds. The molecule has 3 aliphatic rings. The zero-order valence-electron chi connectivity index (χ0n) is 10.1. The topological polar surface area (TPSA) is 17.1 Å². The minimum Gasteiger partial charge on any atom is -0.290 e. The number of rotatable bonds is 2. The highest BCUT2D eigenvalue weighted by Gasteiger charge is 2.78. The number of Topliss-reactive ketones (excluding diaryl/α,β-unsaturated/α-hetero) is 1. The lowest BCUT2D eigenvalue weighted by Gasteiger charge is -2.49. The summed E-state index contributed by atoms with van der Waals surface area (Å²) >= 11 is 5.10. The van der Waals surface area contributed by atoms with Crippen LogP contribution in [0.4, 0.5) is 22.0 Å². The fourth-order valence-electron chi connectivity index (χ4n) is 2.83. The van der Waals surface area contributed by atoms with Crippen molar-refractivity contribution in [1.29, 1.82) is 0 Å². The Kier molecular flexibility index (Phi) is 2.91. The van der Waals surface area contributed by atoms with Crippen LogP contribution >= 0.6 is 11.6 Å². The van der Waals surface area contributed by atoms with Crippen LogP contribution in [0.5, 0.6) is 0 Å². The number of alkyl halides is 4. The van der Waals surface area contributed by atoms with E-state index in [1.54, 1.807) is 0 Å². The van der Waals surface area contributed by atoms with Crippen LogP contribution in [0.25, 0.3) is 0 Å². The number of ketones is 1. The van der Waals surface area contributed by atoms with E-state index in [0.29, 0.717) is 0 Å². The van der Waals surface area contributed by atoms with Gasteiger partial charge in [0, 0.05) is 0 Å². The van der Waals surface area contributed by atoms with E-state index in [1.807, 2.05) is 0 Å². The number of carbonyl (C=O) groups is 1. The molecule has 0 aromatic carbocycles. The second kappa shape index (κ2) is 3.81. The summed E-state index contributed by atoms with van der Waals surface area (Å²) in [7, 11) is 0. The van der Waals surface area contributed by atoms with Crippen molar-refractivity contribution < 1.29 is 26.7 Å². The largest absolute Gasteiger partial charge is 0.290 e. The molecule has 3 atom stereocenters. The second-order valence-electron chi connectivity index (χ2n) is 4.51. The average molecular weight is 301 g/mol. The van der Waals surface area contributed by atoms with Crippen molar-refractivity contribution in [3.8, 4) is 0 Å². The van der Waals surface area contributed by atoms with E-state index in [2.05, 4.69) is 0 Å². The first-order chi connectivity index (χ1) is 8.61. The Bertz CT molecular complexity index is 538. The first-order valence-corrected chi connectivity index (χ1v) is 6.09. The van der Waals surface area contributed by atoms with Crippen molar-refractivity contribution in [1.82, 2.24) is 0 Å². The first kappa shape index (κ1) is 14.5. The first-order valence-electron chi connectivity index (χ1n) is 5.71. The SMILES string of the molecule is CCC1=C(CC)C2(F)C(F)=C(F)C1(F)C(=O)C2(F)Cl. The Balaban J connectivity index is 2.95. The summed E-state index contributed by atoms with van der Waals surface area (Å²) in [6.45, 7) is 2.65. The molecule has 0 radical (unpaired) electrons. The average Bonchev–Trinajstić information content (AvgIpc) is 2.37. The zero-order valence-corrected chi connectivity index (χ0v) is 10.8. The number of hydrogen-bond donors (Lipinski definition) is 0. The van der Waals surface area contributed by atoms with E-state index >= 15 is 0 Å². The normalized spacial score (nSPS) is 42.4. The van der Waals surface area contributed by atoms with Gasteiger partial charge in [-0.1, -0.05) is 25.4 Å². The molecule has 0 fully saturated rings. The maximum absolute atomic E-state index is 14.7.